The third-order valence-electron chi connectivity index (χ3n) is 8.90. The standard InChI is InChI=1S/C35H47N3O5S/c1-24-8-10-25(11-9-24)33(39)38(30-22-29(16-17-35(2,3)4)44-32(30)34(40)41)27-12-14-28(15-13-27)43-31-7-5-6-26(36-31)23-37-18-20-42-21-19-37/h5-7,22,24-25,27-28H,8-15,18-21,23H2,1-4H3,(H,40,41)/t24-,25-,27-,28-. The number of thiophene rings is 1. The number of carboxylic acids is 1. The van der Waals surface area contributed by atoms with Crippen molar-refractivity contribution in [2.24, 2.45) is 17.3 Å². The monoisotopic (exact) mass is 621 g/mol. The van der Waals surface area contributed by atoms with Crippen molar-refractivity contribution in [2.75, 3.05) is 31.2 Å². The van der Waals surface area contributed by atoms with E-state index in [4.69, 9.17) is 14.5 Å². The number of morpholine rings is 1. The highest BCUT2D eigenvalue weighted by atomic mass is 32.1. The van der Waals surface area contributed by atoms with Crippen LogP contribution in [0.4, 0.5) is 5.69 Å². The maximum Gasteiger partial charge on any atom is 0.348 e. The van der Waals surface area contributed by atoms with Gasteiger partial charge in [0.1, 0.15) is 11.0 Å². The lowest BCUT2D eigenvalue weighted by Gasteiger charge is -2.39. The van der Waals surface area contributed by atoms with Crippen molar-refractivity contribution in [2.45, 2.75) is 97.8 Å². The summed E-state index contributed by atoms with van der Waals surface area (Å²) in [7, 11) is 0. The molecule has 2 saturated carbocycles. The molecule has 0 atom stereocenters. The summed E-state index contributed by atoms with van der Waals surface area (Å²) in [4.78, 5) is 36.5. The summed E-state index contributed by atoms with van der Waals surface area (Å²) < 4.78 is 11.8. The molecule has 0 unspecified atom stereocenters. The largest absolute Gasteiger partial charge is 0.477 e. The number of carbonyl (C=O) groups excluding carboxylic acids is 1. The highest BCUT2D eigenvalue weighted by molar-refractivity contribution is 7.15. The molecular weight excluding hydrogens is 574 g/mol. The number of aromatic nitrogens is 1. The minimum absolute atomic E-state index is 0.000462. The molecule has 238 valence electrons. The third-order valence-corrected chi connectivity index (χ3v) is 9.92. The molecule has 2 aromatic heterocycles. The first-order chi connectivity index (χ1) is 21.1. The smallest absolute Gasteiger partial charge is 0.348 e. The van der Waals surface area contributed by atoms with Gasteiger partial charge in [-0.25, -0.2) is 9.78 Å². The van der Waals surface area contributed by atoms with Gasteiger partial charge in [0.2, 0.25) is 11.8 Å². The van der Waals surface area contributed by atoms with Crippen molar-refractivity contribution in [3.05, 3.63) is 39.7 Å². The number of carboxylic acid groups (broad SMARTS) is 1. The van der Waals surface area contributed by atoms with Crippen LogP contribution in [0.1, 0.15) is 99.3 Å². The van der Waals surface area contributed by atoms with Crippen molar-refractivity contribution >= 4 is 28.9 Å². The van der Waals surface area contributed by atoms with Crippen LogP contribution in [0, 0.1) is 29.1 Å². The molecule has 8 nitrogen and oxygen atoms in total. The number of hydrogen-bond donors (Lipinski definition) is 1. The fraction of sp³-hybridized carbons (Fsp3) is 0.629. The first kappa shape index (κ1) is 32.5. The Bertz CT molecular complexity index is 1350. The number of amides is 1. The van der Waals surface area contributed by atoms with Crippen LogP contribution in [0.15, 0.2) is 24.3 Å². The van der Waals surface area contributed by atoms with Gasteiger partial charge in [0, 0.05) is 43.1 Å². The van der Waals surface area contributed by atoms with E-state index >= 15 is 0 Å². The average molecular weight is 622 g/mol. The minimum Gasteiger partial charge on any atom is -0.477 e. The first-order valence-corrected chi connectivity index (χ1v) is 17.0. The molecule has 3 fully saturated rings. The molecule has 0 spiro atoms. The molecule has 0 radical (unpaired) electrons. The van der Waals surface area contributed by atoms with Crippen molar-refractivity contribution < 1.29 is 24.2 Å². The van der Waals surface area contributed by atoms with Crippen molar-refractivity contribution in [1.82, 2.24) is 9.88 Å². The van der Waals surface area contributed by atoms with Crippen molar-refractivity contribution in [1.29, 1.82) is 0 Å². The number of anilines is 1. The number of aromatic carboxylic acids is 1. The third kappa shape index (κ3) is 8.62. The molecule has 5 rings (SSSR count). The van der Waals surface area contributed by atoms with Gasteiger partial charge in [-0.3, -0.25) is 9.69 Å². The second-order valence-corrected chi connectivity index (χ2v) is 14.8. The second kappa shape index (κ2) is 14.4. The summed E-state index contributed by atoms with van der Waals surface area (Å²) in [5.74, 6) is 6.63. The fourth-order valence-electron chi connectivity index (χ4n) is 6.42. The zero-order valence-electron chi connectivity index (χ0n) is 26.6. The van der Waals surface area contributed by atoms with Gasteiger partial charge in [0.15, 0.2) is 0 Å². The molecule has 3 heterocycles. The molecule has 0 bridgehead atoms. The van der Waals surface area contributed by atoms with Crippen LogP contribution < -0.4 is 9.64 Å². The van der Waals surface area contributed by atoms with Gasteiger partial charge in [-0.15, -0.1) is 11.3 Å². The molecule has 44 heavy (non-hydrogen) atoms. The van der Waals surface area contributed by atoms with Crippen LogP contribution >= 0.6 is 11.3 Å². The van der Waals surface area contributed by atoms with Crippen LogP contribution in [0.3, 0.4) is 0 Å². The Kier molecular flexibility index (Phi) is 10.7. The van der Waals surface area contributed by atoms with Crippen LogP contribution in [0.5, 0.6) is 5.88 Å². The number of ether oxygens (including phenoxy) is 2. The molecule has 0 aromatic carbocycles. The minimum atomic E-state index is -1.01. The zero-order chi connectivity index (χ0) is 31.3. The summed E-state index contributed by atoms with van der Waals surface area (Å²) in [6, 6.07) is 7.70. The van der Waals surface area contributed by atoms with Gasteiger partial charge in [-0.05, 0) is 90.2 Å². The van der Waals surface area contributed by atoms with Crippen LogP contribution in [-0.2, 0) is 16.1 Å². The van der Waals surface area contributed by atoms with Gasteiger partial charge in [-0.2, -0.15) is 0 Å². The van der Waals surface area contributed by atoms with Crippen molar-refractivity contribution in [3.63, 3.8) is 0 Å². The Balaban J connectivity index is 1.32. The van der Waals surface area contributed by atoms with Gasteiger partial charge < -0.3 is 19.5 Å². The number of carbonyl (C=O) groups is 2. The number of nitrogens with zero attached hydrogens (tertiary/aromatic N) is 3. The predicted octanol–water partition coefficient (Wildman–Crippen LogP) is 6.62. The first-order valence-electron chi connectivity index (χ1n) is 16.2. The van der Waals surface area contributed by atoms with Gasteiger partial charge in [0.05, 0.1) is 29.5 Å². The molecule has 3 aliphatic rings. The van der Waals surface area contributed by atoms with E-state index in [0.29, 0.717) is 22.4 Å². The topological polar surface area (TPSA) is 92.2 Å². The van der Waals surface area contributed by atoms with E-state index in [1.807, 2.05) is 49.9 Å². The van der Waals surface area contributed by atoms with E-state index in [1.54, 1.807) is 0 Å². The summed E-state index contributed by atoms with van der Waals surface area (Å²) in [5, 5.41) is 10.2. The van der Waals surface area contributed by atoms with Crippen molar-refractivity contribution in [3.8, 4) is 17.7 Å². The summed E-state index contributed by atoms with van der Waals surface area (Å²) in [5.41, 5.74) is 1.28. The Morgan fingerprint density at radius 1 is 1.09 bits per heavy atom. The van der Waals surface area contributed by atoms with Crippen LogP contribution in [0.2, 0.25) is 0 Å². The maximum atomic E-state index is 14.2. The average Bonchev–Trinajstić information content (AvgIpc) is 3.42. The quantitative estimate of drug-likeness (QED) is 0.331. The fourth-order valence-corrected chi connectivity index (χ4v) is 7.26. The van der Waals surface area contributed by atoms with E-state index < -0.39 is 5.97 Å². The van der Waals surface area contributed by atoms with E-state index in [0.717, 1.165) is 89.9 Å². The highest BCUT2D eigenvalue weighted by Gasteiger charge is 2.38. The van der Waals surface area contributed by atoms with E-state index in [1.165, 1.54) is 11.3 Å². The molecule has 1 N–H and O–H groups in total. The number of pyridine rings is 1. The molecular formula is C35H47N3O5S. The lowest BCUT2D eigenvalue weighted by Crippen LogP contribution is -2.47. The second-order valence-electron chi connectivity index (χ2n) is 13.7. The SMILES string of the molecule is CC(C)(C)C#Cc1cc(N(C(=O)[C@H]2CC[C@H](C)CC2)[C@H]2CC[C@H](Oc3cccc(CN4CCOCC4)n3)CC2)c(C(=O)O)s1. The Hall–Kier alpha value is -2.93. The maximum absolute atomic E-state index is 14.2. The summed E-state index contributed by atoms with van der Waals surface area (Å²) >= 11 is 1.17. The molecule has 1 saturated heterocycles. The Labute approximate surface area is 266 Å². The van der Waals surface area contributed by atoms with Gasteiger partial charge in [-0.1, -0.05) is 24.8 Å². The Morgan fingerprint density at radius 2 is 1.80 bits per heavy atom. The predicted molar refractivity (Wildman–Crippen MR) is 173 cm³/mol. The number of rotatable bonds is 8. The summed E-state index contributed by atoms with van der Waals surface area (Å²) in [6.07, 6.45) is 6.79. The van der Waals surface area contributed by atoms with Crippen LogP contribution in [-0.4, -0.2) is 65.3 Å². The van der Waals surface area contributed by atoms with E-state index in [-0.39, 0.29) is 34.3 Å². The van der Waals surface area contributed by atoms with E-state index in [9.17, 15) is 14.7 Å². The molecule has 9 heteroatoms. The summed E-state index contributed by atoms with van der Waals surface area (Å²) in [6.45, 7) is 12.4. The highest BCUT2D eigenvalue weighted by Crippen LogP contribution is 2.39. The molecule has 2 aromatic rings. The lowest BCUT2D eigenvalue weighted by molar-refractivity contribution is -0.124. The van der Waals surface area contributed by atoms with Gasteiger partial charge in [0.25, 0.3) is 0 Å². The normalized spacial score (nSPS) is 24.6. The lowest BCUT2D eigenvalue weighted by atomic mass is 9.81. The van der Waals surface area contributed by atoms with Crippen LogP contribution in [0.25, 0.3) is 0 Å². The molecule has 1 amide bonds. The Morgan fingerprint density at radius 3 is 2.45 bits per heavy atom. The van der Waals surface area contributed by atoms with Gasteiger partial charge >= 0.3 is 5.97 Å². The number of hydrogen-bond acceptors (Lipinski definition) is 7. The molecule has 1 aliphatic heterocycles. The van der Waals surface area contributed by atoms with E-state index in [2.05, 4.69) is 23.7 Å². The molecule has 2 aliphatic carbocycles. The zero-order valence-corrected chi connectivity index (χ0v) is 27.5.